The van der Waals surface area contributed by atoms with Gasteiger partial charge in [-0.2, -0.15) is 0 Å². The van der Waals surface area contributed by atoms with Crippen LogP contribution in [0.5, 0.6) is 0 Å². The number of halogens is 1. The Bertz CT molecular complexity index is 686. The maximum atomic E-state index is 13.4. The Kier molecular flexibility index (Phi) is 5.25. The normalized spacial score (nSPS) is 10.1. The van der Waals surface area contributed by atoms with E-state index < -0.39 is 5.82 Å². The molecular formula is C17H17FN2O2. The fourth-order valence-electron chi connectivity index (χ4n) is 1.99. The average molecular weight is 300 g/mol. The van der Waals surface area contributed by atoms with Crippen LogP contribution in [0.4, 0.5) is 10.1 Å². The molecule has 4 nitrogen and oxygen atoms in total. The second-order valence-electron chi connectivity index (χ2n) is 4.85. The highest BCUT2D eigenvalue weighted by Crippen LogP contribution is 2.12. The number of para-hydroxylation sites is 1. The summed E-state index contributed by atoms with van der Waals surface area (Å²) in [5.41, 5.74) is 1.59. The van der Waals surface area contributed by atoms with Crippen molar-refractivity contribution in [3.05, 3.63) is 65.5 Å². The number of carbonyl (C=O) groups excluding carboxylic acids is 2. The summed E-state index contributed by atoms with van der Waals surface area (Å²) in [5, 5.41) is 5.15. The molecule has 2 aromatic rings. The van der Waals surface area contributed by atoms with Crippen LogP contribution in [0.15, 0.2) is 48.5 Å². The summed E-state index contributed by atoms with van der Waals surface area (Å²) >= 11 is 0. The first-order chi connectivity index (χ1) is 10.6. The molecule has 0 radical (unpaired) electrons. The van der Waals surface area contributed by atoms with Crippen LogP contribution in [-0.2, 0) is 4.79 Å². The number of amides is 2. The smallest absolute Gasteiger partial charge is 0.251 e. The maximum absolute atomic E-state index is 13.4. The third kappa shape index (κ3) is 4.15. The maximum Gasteiger partial charge on any atom is 0.251 e. The van der Waals surface area contributed by atoms with Crippen molar-refractivity contribution in [2.75, 3.05) is 11.9 Å². The molecule has 2 N–H and O–H groups in total. The molecule has 114 valence electrons. The molecule has 0 spiro atoms. The van der Waals surface area contributed by atoms with Crippen molar-refractivity contribution in [1.82, 2.24) is 5.32 Å². The fourth-order valence-corrected chi connectivity index (χ4v) is 1.99. The number of hydrogen-bond acceptors (Lipinski definition) is 2. The van der Waals surface area contributed by atoms with E-state index in [1.54, 1.807) is 24.3 Å². The highest BCUT2D eigenvalue weighted by Gasteiger charge is 2.09. The summed E-state index contributed by atoms with van der Waals surface area (Å²) in [7, 11) is 0. The quantitative estimate of drug-likeness (QED) is 0.892. The molecule has 2 amide bonds. The molecule has 0 atom stereocenters. The van der Waals surface area contributed by atoms with Crippen molar-refractivity contribution in [3.63, 3.8) is 0 Å². The van der Waals surface area contributed by atoms with Gasteiger partial charge in [-0.25, -0.2) is 4.39 Å². The first-order valence-electron chi connectivity index (χ1n) is 6.96. The molecule has 22 heavy (non-hydrogen) atoms. The minimum Gasteiger partial charge on any atom is -0.352 e. The van der Waals surface area contributed by atoms with E-state index in [2.05, 4.69) is 10.6 Å². The molecule has 0 aromatic heterocycles. The zero-order chi connectivity index (χ0) is 15.9. The van der Waals surface area contributed by atoms with Gasteiger partial charge in [0, 0.05) is 18.5 Å². The van der Waals surface area contributed by atoms with E-state index in [1.807, 2.05) is 19.1 Å². The topological polar surface area (TPSA) is 58.2 Å². The number of rotatable bonds is 5. The summed E-state index contributed by atoms with van der Waals surface area (Å²) < 4.78 is 13.4. The van der Waals surface area contributed by atoms with Crippen molar-refractivity contribution in [3.8, 4) is 0 Å². The van der Waals surface area contributed by atoms with Crippen LogP contribution in [0.2, 0.25) is 0 Å². The van der Waals surface area contributed by atoms with Gasteiger partial charge in [0.2, 0.25) is 5.91 Å². The minimum absolute atomic E-state index is 0.0754. The van der Waals surface area contributed by atoms with Gasteiger partial charge < -0.3 is 10.6 Å². The zero-order valence-electron chi connectivity index (χ0n) is 12.2. The minimum atomic E-state index is -0.486. The van der Waals surface area contributed by atoms with Crippen molar-refractivity contribution in [2.45, 2.75) is 13.3 Å². The summed E-state index contributed by atoms with van der Waals surface area (Å²) in [4.78, 5) is 23.7. The number of carbonyl (C=O) groups is 2. The van der Waals surface area contributed by atoms with Crippen molar-refractivity contribution in [2.24, 2.45) is 0 Å². The van der Waals surface area contributed by atoms with Crippen LogP contribution in [-0.4, -0.2) is 18.4 Å². The number of anilines is 1. The summed E-state index contributed by atoms with van der Waals surface area (Å²) in [6.45, 7) is 2.03. The Hall–Kier alpha value is -2.69. The van der Waals surface area contributed by atoms with Crippen molar-refractivity contribution in [1.29, 1.82) is 0 Å². The van der Waals surface area contributed by atoms with E-state index >= 15 is 0 Å². The van der Waals surface area contributed by atoms with Crippen LogP contribution in [0, 0.1) is 12.7 Å². The molecule has 0 fully saturated rings. The molecule has 0 aliphatic heterocycles. The molecule has 0 bridgehead atoms. The molecule has 0 saturated carbocycles. The third-order valence-corrected chi connectivity index (χ3v) is 3.18. The van der Waals surface area contributed by atoms with Gasteiger partial charge in [-0.05, 0) is 30.7 Å². The molecular weight excluding hydrogens is 283 g/mol. The first-order valence-corrected chi connectivity index (χ1v) is 6.96. The van der Waals surface area contributed by atoms with Crippen molar-refractivity contribution >= 4 is 17.5 Å². The lowest BCUT2D eigenvalue weighted by molar-refractivity contribution is -0.116. The Labute approximate surface area is 128 Å². The lowest BCUT2D eigenvalue weighted by Crippen LogP contribution is -2.28. The predicted molar refractivity (Wildman–Crippen MR) is 83.2 cm³/mol. The molecule has 2 aromatic carbocycles. The van der Waals surface area contributed by atoms with Gasteiger partial charge in [0.25, 0.3) is 5.91 Å². The molecule has 2 rings (SSSR count). The van der Waals surface area contributed by atoms with Crippen LogP contribution in [0.3, 0.4) is 0 Å². The van der Waals surface area contributed by atoms with E-state index in [4.69, 9.17) is 0 Å². The van der Waals surface area contributed by atoms with Gasteiger partial charge in [0.05, 0.1) is 5.69 Å². The second-order valence-corrected chi connectivity index (χ2v) is 4.85. The number of benzene rings is 2. The fraction of sp³-hybridized carbons (Fsp3) is 0.176. The standard InChI is InChI=1S/C17H17FN2O2/c1-12-6-2-3-7-13(12)17(22)19-11-10-16(21)20-15-9-5-4-8-14(15)18/h2-9H,10-11H2,1H3,(H,19,22)(H,20,21). The number of hydrogen-bond donors (Lipinski definition) is 2. The average Bonchev–Trinajstić information content (AvgIpc) is 2.50. The van der Waals surface area contributed by atoms with Gasteiger partial charge in [-0.3, -0.25) is 9.59 Å². The van der Waals surface area contributed by atoms with E-state index in [0.29, 0.717) is 5.56 Å². The number of nitrogens with one attached hydrogen (secondary N) is 2. The van der Waals surface area contributed by atoms with Crippen LogP contribution in [0.1, 0.15) is 22.3 Å². The lowest BCUT2D eigenvalue weighted by Gasteiger charge is -2.08. The van der Waals surface area contributed by atoms with E-state index in [9.17, 15) is 14.0 Å². The molecule has 0 aliphatic carbocycles. The van der Waals surface area contributed by atoms with Crippen LogP contribution >= 0.6 is 0 Å². The molecule has 5 heteroatoms. The Morgan fingerprint density at radius 3 is 2.45 bits per heavy atom. The van der Waals surface area contributed by atoms with E-state index in [1.165, 1.54) is 12.1 Å². The van der Waals surface area contributed by atoms with Crippen LogP contribution < -0.4 is 10.6 Å². The van der Waals surface area contributed by atoms with Gasteiger partial charge in [-0.1, -0.05) is 30.3 Å². The zero-order valence-corrected chi connectivity index (χ0v) is 12.2. The molecule has 0 aliphatic rings. The third-order valence-electron chi connectivity index (χ3n) is 3.18. The molecule has 0 unspecified atom stereocenters. The predicted octanol–water partition coefficient (Wildman–Crippen LogP) is 2.89. The Morgan fingerprint density at radius 1 is 1.05 bits per heavy atom. The highest BCUT2D eigenvalue weighted by atomic mass is 19.1. The summed E-state index contributed by atoms with van der Waals surface area (Å²) in [5.74, 6) is -1.06. The molecule has 0 heterocycles. The monoisotopic (exact) mass is 300 g/mol. The summed E-state index contributed by atoms with van der Waals surface area (Å²) in [6.07, 6.45) is 0.0754. The van der Waals surface area contributed by atoms with Crippen molar-refractivity contribution < 1.29 is 14.0 Å². The largest absolute Gasteiger partial charge is 0.352 e. The highest BCUT2D eigenvalue weighted by molar-refractivity contribution is 5.96. The molecule has 0 saturated heterocycles. The van der Waals surface area contributed by atoms with E-state index in [-0.39, 0.29) is 30.5 Å². The summed E-state index contributed by atoms with van der Waals surface area (Å²) in [6, 6.07) is 13.2. The van der Waals surface area contributed by atoms with E-state index in [0.717, 1.165) is 5.56 Å². The lowest BCUT2D eigenvalue weighted by atomic mass is 10.1. The number of aryl methyl sites for hydroxylation is 1. The Morgan fingerprint density at radius 2 is 1.73 bits per heavy atom. The van der Waals surface area contributed by atoms with Gasteiger partial charge >= 0.3 is 0 Å². The second kappa shape index (κ2) is 7.36. The SMILES string of the molecule is Cc1ccccc1C(=O)NCCC(=O)Nc1ccccc1F. The first kappa shape index (κ1) is 15.7. The van der Waals surface area contributed by atoms with Crippen LogP contribution in [0.25, 0.3) is 0 Å². The van der Waals surface area contributed by atoms with Gasteiger partial charge in [0.1, 0.15) is 5.82 Å². The van der Waals surface area contributed by atoms with Gasteiger partial charge in [0.15, 0.2) is 0 Å². The Balaban J connectivity index is 1.81. The van der Waals surface area contributed by atoms with Gasteiger partial charge in [-0.15, -0.1) is 0 Å².